The van der Waals surface area contributed by atoms with E-state index in [1.54, 1.807) is 6.07 Å². The van der Waals surface area contributed by atoms with E-state index in [-0.39, 0.29) is 16.3 Å². The quantitative estimate of drug-likeness (QED) is 0.748. The summed E-state index contributed by atoms with van der Waals surface area (Å²) >= 11 is 5.81. The molecule has 0 bridgehead atoms. The van der Waals surface area contributed by atoms with Gasteiger partial charge in [-0.25, -0.2) is 4.79 Å². The van der Waals surface area contributed by atoms with E-state index in [0.717, 1.165) is 4.40 Å². The molecule has 0 saturated carbocycles. The summed E-state index contributed by atoms with van der Waals surface area (Å²) in [5.74, 6) is -1.09. The molecule has 2 aromatic heterocycles. The molecule has 0 radical (unpaired) electrons. The zero-order valence-electron chi connectivity index (χ0n) is 7.48. The van der Waals surface area contributed by atoms with Crippen molar-refractivity contribution in [3.63, 3.8) is 0 Å². The summed E-state index contributed by atoms with van der Waals surface area (Å²) in [6.45, 7) is 0. The van der Waals surface area contributed by atoms with Crippen LogP contribution in [-0.2, 0) is 0 Å². The molecule has 5 heteroatoms. The van der Waals surface area contributed by atoms with Crippen LogP contribution >= 0.6 is 11.6 Å². The molecule has 2 aromatic rings. The number of hydrogen-bond donors (Lipinski definition) is 1. The number of aromatic nitrogens is 1. The second-order valence-corrected chi connectivity index (χ2v) is 3.35. The molecule has 0 atom stereocenters. The lowest BCUT2D eigenvalue weighted by Crippen LogP contribution is -2.15. The highest BCUT2D eigenvalue weighted by Crippen LogP contribution is 2.14. The van der Waals surface area contributed by atoms with Crippen LogP contribution in [0, 0.1) is 0 Å². The zero-order chi connectivity index (χ0) is 11.0. The number of halogens is 1. The van der Waals surface area contributed by atoms with Gasteiger partial charge in [-0.15, -0.1) is 0 Å². The molecule has 0 aromatic carbocycles. The molecule has 76 valence electrons. The van der Waals surface area contributed by atoms with Crippen molar-refractivity contribution in [2.24, 2.45) is 0 Å². The van der Waals surface area contributed by atoms with Crippen LogP contribution in [0.3, 0.4) is 0 Å². The van der Waals surface area contributed by atoms with E-state index < -0.39 is 5.97 Å². The van der Waals surface area contributed by atoms with Gasteiger partial charge in [0.25, 0.3) is 5.56 Å². The van der Waals surface area contributed by atoms with Crippen molar-refractivity contribution in [1.29, 1.82) is 0 Å². The fourth-order valence-corrected chi connectivity index (χ4v) is 1.66. The lowest BCUT2D eigenvalue weighted by molar-refractivity contribution is 0.0698. The molecule has 15 heavy (non-hydrogen) atoms. The number of pyridine rings is 2. The summed E-state index contributed by atoms with van der Waals surface area (Å²) in [5.41, 5.74) is 0.000185. The predicted octanol–water partition coefficient (Wildman–Crippen LogP) is 1.65. The minimum Gasteiger partial charge on any atom is -0.478 e. The van der Waals surface area contributed by atoms with Gasteiger partial charge in [0.1, 0.15) is 5.15 Å². The lowest BCUT2D eigenvalue weighted by Gasteiger charge is -2.04. The summed E-state index contributed by atoms with van der Waals surface area (Å²) in [7, 11) is 0. The van der Waals surface area contributed by atoms with E-state index >= 15 is 0 Å². The molecule has 0 spiro atoms. The predicted molar refractivity (Wildman–Crippen MR) is 55.6 cm³/mol. The lowest BCUT2D eigenvalue weighted by atomic mass is 10.2. The van der Waals surface area contributed by atoms with Crippen LogP contribution in [0.2, 0.25) is 5.15 Å². The van der Waals surface area contributed by atoms with Crippen molar-refractivity contribution >= 4 is 23.1 Å². The summed E-state index contributed by atoms with van der Waals surface area (Å²) < 4.78 is 1.16. The Labute approximate surface area is 89.3 Å². The smallest absolute Gasteiger partial charge is 0.337 e. The molecule has 4 nitrogen and oxygen atoms in total. The summed E-state index contributed by atoms with van der Waals surface area (Å²) in [5, 5.41) is 9.10. The van der Waals surface area contributed by atoms with E-state index in [1.807, 2.05) is 0 Å². The molecule has 0 aliphatic carbocycles. The summed E-state index contributed by atoms with van der Waals surface area (Å²) in [4.78, 5) is 22.3. The molecular weight excluding hydrogens is 218 g/mol. The second-order valence-electron chi connectivity index (χ2n) is 2.96. The number of rotatable bonds is 1. The standard InChI is InChI=1S/C10H6ClNO3/c11-8-3-1-2-7-6(10(14)15)4-5-9(13)12(7)8/h1-5H,(H,14,15). The maximum Gasteiger partial charge on any atom is 0.337 e. The largest absolute Gasteiger partial charge is 0.478 e. The minimum atomic E-state index is -1.09. The number of nitrogens with zero attached hydrogens (tertiary/aromatic N) is 1. The molecule has 0 aliphatic rings. The fourth-order valence-electron chi connectivity index (χ4n) is 1.41. The third-order valence-electron chi connectivity index (χ3n) is 2.06. The third kappa shape index (κ3) is 1.49. The normalized spacial score (nSPS) is 10.5. The van der Waals surface area contributed by atoms with Crippen molar-refractivity contribution in [3.8, 4) is 0 Å². The van der Waals surface area contributed by atoms with E-state index in [4.69, 9.17) is 16.7 Å². The van der Waals surface area contributed by atoms with Gasteiger partial charge in [-0.3, -0.25) is 9.20 Å². The molecule has 2 rings (SSSR count). The average Bonchev–Trinajstić information content (AvgIpc) is 2.17. The van der Waals surface area contributed by atoms with Gasteiger partial charge >= 0.3 is 5.97 Å². The number of carbonyl (C=O) groups is 1. The molecule has 0 aliphatic heterocycles. The number of aromatic carboxylic acids is 1. The van der Waals surface area contributed by atoms with Crippen molar-refractivity contribution in [3.05, 3.63) is 51.4 Å². The zero-order valence-corrected chi connectivity index (χ0v) is 8.23. The molecule has 0 fully saturated rings. The molecule has 0 amide bonds. The number of carboxylic acid groups (broad SMARTS) is 1. The van der Waals surface area contributed by atoms with Crippen LogP contribution in [-0.4, -0.2) is 15.5 Å². The van der Waals surface area contributed by atoms with Crippen LogP contribution in [0.25, 0.3) is 5.52 Å². The van der Waals surface area contributed by atoms with E-state index in [1.165, 1.54) is 24.3 Å². The molecule has 0 unspecified atom stereocenters. The van der Waals surface area contributed by atoms with Crippen molar-refractivity contribution in [2.75, 3.05) is 0 Å². The van der Waals surface area contributed by atoms with Gasteiger partial charge in [-0.1, -0.05) is 17.7 Å². The summed E-state index contributed by atoms with van der Waals surface area (Å²) in [6, 6.07) is 7.13. The van der Waals surface area contributed by atoms with E-state index in [2.05, 4.69) is 0 Å². The van der Waals surface area contributed by atoms with Gasteiger partial charge < -0.3 is 5.11 Å². The number of hydrogen-bond acceptors (Lipinski definition) is 2. The topological polar surface area (TPSA) is 58.8 Å². The van der Waals surface area contributed by atoms with E-state index in [9.17, 15) is 9.59 Å². The van der Waals surface area contributed by atoms with Gasteiger partial charge in [0.15, 0.2) is 0 Å². The van der Waals surface area contributed by atoms with Crippen molar-refractivity contribution < 1.29 is 9.90 Å². The minimum absolute atomic E-state index is 0.0529. The second kappa shape index (κ2) is 3.40. The Morgan fingerprint density at radius 3 is 2.67 bits per heavy atom. The number of fused-ring (bicyclic) bond motifs is 1. The Kier molecular flexibility index (Phi) is 2.21. The Morgan fingerprint density at radius 1 is 1.27 bits per heavy atom. The Morgan fingerprint density at radius 2 is 2.00 bits per heavy atom. The molecule has 2 heterocycles. The van der Waals surface area contributed by atoms with Gasteiger partial charge in [-0.2, -0.15) is 0 Å². The van der Waals surface area contributed by atoms with Crippen LogP contribution in [0.1, 0.15) is 10.4 Å². The first-order chi connectivity index (χ1) is 7.11. The Balaban J connectivity index is 3.01. The number of carboxylic acids is 1. The first-order valence-corrected chi connectivity index (χ1v) is 4.52. The van der Waals surface area contributed by atoms with Crippen molar-refractivity contribution in [2.45, 2.75) is 0 Å². The fraction of sp³-hybridized carbons (Fsp3) is 0. The summed E-state index contributed by atoms with van der Waals surface area (Å²) in [6.07, 6.45) is 0. The maximum atomic E-state index is 11.5. The van der Waals surface area contributed by atoms with Gasteiger partial charge in [0, 0.05) is 6.07 Å². The highest BCUT2D eigenvalue weighted by molar-refractivity contribution is 6.29. The maximum absolute atomic E-state index is 11.5. The highest BCUT2D eigenvalue weighted by atomic mass is 35.5. The van der Waals surface area contributed by atoms with Crippen LogP contribution < -0.4 is 5.56 Å². The first-order valence-electron chi connectivity index (χ1n) is 4.15. The highest BCUT2D eigenvalue weighted by Gasteiger charge is 2.10. The SMILES string of the molecule is O=C(O)c1ccc(=O)n2c(Cl)cccc12. The van der Waals surface area contributed by atoms with Gasteiger partial charge in [-0.05, 0) is 18.2 Å². The van der Waals surface area contributed by atoms with Gasteiger partial charge in [0.05, 0.1) is 11.1 Å². The van der Waals surface area contributed by atoms with Crippen LogP contribution in [0.4, 0.5) is 0 Å². The molecular formula is C10H6ClNO3. The average molecular weight is 224 g/mol. The van der Waals surface area contributed by atoms with Gasteiger partial charge in [0.2, 0.25) is 0 Å². The molecule has 1 N–H and O–H groups in total. The Bertz CT molecular complexity index is 603. The third-order valence-corrected chi connectivity index (χ3v) is 2.36. The first kappa shape index (κ1) is 9.73. The van der Waals surface area contributed by atoms with Crippen LogP contribution in [0.5, 0.6) is 0 Å². The van der Waals surface area contributed by atoms with Crippen LogP contribution in [0.15, 0.2) is 35.1 Å². The van der Waals surface area contributed by atoms with Crippen molar-refractivity contribution in [1.82, 2.24) is 4.40 Å². The Hall–Kier alpha value is -1.81. The molecule has 0 saturated heterocycles. The monoisotopic (exact) mass is 223 g/mol. The van der Waals surface area contributed by atoms with E-state index in [0.29, 0.717) is 5.52 Å².